The van der Waals surface area contributed by atoms with Gasteiger partial charge in [-0.3, -0.25) is 14.6 Å². The molecule has 7 nitrogen and oxygen atoms in total. The Morgan fingerprint density at radius 3 is 3.06 bits per heavy atom. The molecule has 2 aromatic rings. The maximum absolute atomic E-state index is 11.9. The Kier molecular flexibility index (Phi) is 3.73. The lowest BCUT2D eigenvalue weighted by Crippen LogP contribution is -2.12. The number of carbonyl (C=O) groups is 1. The van der Waals surface area contributed by atoms with Crippen LogP contribution in [0.4, 0.5) is 5.69 Å². The zero-order valence-electron chi connectivity index (χ0n) is 10.3. The number of aryl methyl sites for hydroxylation is 1. The van der Waals surface area contributed by atoms with Crippen molar-refractivity contribution in [3.8, 4) is 0 Å². The molecule has 2 aromatic heterocycles. The van der Waals surface area contributed by atoms with Crippen LogP contribution in [0.3, 0.4) is 0 Å². The fraction of sp³-hybridized carbons (Fsp3) is 0.364. The summed E-state index contributed by atoms with van der Waals surface area (Å²) in [6.07, 6.45) is 4.86. The van der Waals surface area contributed by atoms with Crippen molar-refractivity contribution in [1.29, 1.82) is 0 Å². The van der Waals surface area contributed by atoms with Gasteiger partial charge in [-0.05, 0) is 6.92 Å². The molecule has 96 valence electrons. The molecule has 2 N–H and O–H groups in total. The number of anilines is 1. The van der Waals surface area contributed by atoms with Crippen LogP contribution in [0.1, 0.15) is 16.1 Å². The molecule has 0 aliphatic rings. The molecule has 7 heteroatoms. The molecule has 1 amide bonds. The zero-order valence-corrected chi connectivity index (χ0v) is 10.3. The van der Waals surface area contributed by atoms with Gasteiger partial charge in [0.05, 0.1) is 36.8 Å². The SMILES string of the molecule is COCCn1cc(NC(=O)c2cn[nH]c2C)cn1. The highest BCUT2D eigenvalue weighted by Crippen LogP contribution is 2.09. The predicted molar refractivity (Wildman–Crippen MR) is 65.4 cm³/mol. The summed E-state index contributed by atoms with van der Waals surface area (Å²) in [5.41, 5.74) is 1.91. The van der Waals surface area contributed by atoms with Crippen molar-refractivity contribution in [3.05, 3.63) is 29.8 Å². The lowest BCUT2D eigenvalue weighted by Gasteiger charge is -2.01. The van der Waals surface area contributed by atoms with Gasteiger partial charge in [0.15, 0.2) is 0 Å². The second kappa shape index (κ2) is 5.46. The van der Waals surface area contributed by atoms with E-state index in [1.54, 1.807) is 31.1 Å². The Hall–Kier alpha value is -2.15. The zero-order chi connectivity index (χ0) is 13.0. The Bertz CT molecular complexity index is 531. The molecule has 2 heterocycles. The maximum atomic E-state index is 11.9. The lowest BCUT2D eigenvalue weighted by molar-refractivity contribution is 0.102. The van der Waals surface area contributed by atoms with Gasteiger partial charge in [0.2, 0.25) is 0 Å². The number of hydrogen-bond acceptors (Lipinski definition) is 4. The quantitative estimate of drug-likeness (QED) is 0.821. The molecule has 0 spiro atoms. The van der Waals surface area contributed by atoms with Crippen molar-refractivity contribution < 1.29 is 9.53 Å². The van der Waals surface area contributed by atoms with E-state index in [9.17, 15) is 4.79 Å². The van der Waals surface area contributed by atoms with Crippen LogP contribution in [-0.4, -0.2) is 39.6 Å². The van der Waals surface area contributed by atoms with Crippen LogP contribution in [0.5, 0.6) is 0 Å². The van der Waals surface area contributed by atoms with E-state index in [-0.39, 0.29) is 5.91 Å². The molecule has 0 bridgehead atoms. The topological polar surface area (TPSA) is 84.8 Å². The van der Waals surface area contributed by atoms with Gasteiger partial charge in [-0.1, -0.05) is 0 Å². The van der Waals surface area contributed by atoms with E-state index in [0.717, 1.165) is 5.69 Å². The van der Waals surface area contributed by atoms with Crippen molar-refractivity contribution in [1.82, 2.24) is 20.0 Å². The van der Waals surface area contributed by atoms with E-state index in [0.29, 0.717) is 24.4 Å². The largest absolute Gasteiger partial charge is 0.383 e. The number of nitrogens with zero attached hydrogens (tertiary/aromatic N) is 3. The highest BCUT2D eigenvalue weighted by atomic mass is 16.5. The fourth-order valence-electron chi connectivity index (χ4n) is 1.51. The minimum absolute atomic E-state index is 0.201. The maximum Gasteiger partial charge on any atom is 0.259 e. The van der Waals surface area contributed by atoms with Crippen LogP contribution in [0.15, 0.2) is 18.6 Å². The van der Waals surface area contributed by atoms with Gasteiger partial charge in [0.25, 0.3) is 5.91 Å². The second-order valence-corrected chi connectivity index (χ2v) is 3.85. The highest BCUT2D eigenvalue weighted by Gasteiger charge is 2.11. The molecule has 0 fully saturated rings. The number of methoxy groups -OCH3 is 1. The first-order valence-electron chi connectivity index (χ1n) is 5.53. The van der Waals surface area contributed by atoms with Crippen molar-refractivity contribution >= 4 is 11.6 Å². The van der Waals surface area contributed by atoms with Crippen LogP contribution in [0.25, 0.3) is 0 Å². The van der Waals surface area contributed by atoms with Crippen molar-refractivity contribution in [2.45, 2.75) is 13.5 Å². The van der Waals surface area contributed by atoms with E-state index in [1.807, 2.05) is 0 Å². The molecular weight excluding hydrogens is 234 g/mol. The molecule has 0 saturated heterocycles. The molecule has 0 aliphatic heterocycles. The molecule has 0 atom stereocenters. The highest BCUT2D eigenvalue weighted by molar-refractivity contribution is 6.04. The van der Waals surface area contributed by atoms with Gasteiger partial charge in [0.1, 0.15) is 0 Å². The fourth-order valence-corrected chi connectivity index (χ4v) is 1.51. The molecule has 0 unspecified atom stereocenters. The summed E-state index contributed by atoms with van der Waals surface area (Å²) in [7, 11) is 1.63. The van der Waals surface area contributed by atoms with Crippen molar-refractivity contribution in [3.63, 3.8) is 0 Å². The van der Waals surface area contributed by atoms with Gasteiger partial charge in [-0.15, -0.1) is 0 Å². The van der Waals surface area contributed by atoms with E-state index in [1.165, 1.54) is 6.20 Å². The number of rotatable bonds is 5. The summed E-state index contributed by atoms with van der Waals surface area (Å²) in [6, 6.07) is 0. The number of H-pyrrole nitrogens is 1. The number of aromatic amines is 1. The summed E-state index contributed by atoms with van der Waals surface area (Å²) < 4.78 is 6.66. The third-order valence-electron chi connectivity index (χ3n) is 2.49. The van der Waals surface area contributed by atoms with Gasteiger partial charge >= 0.3 is 0 Å². The van der Waals surface area contributed by atoms with E-state index >= 15 is 0 Å². The summed E-state index contributed by atoms with van der Waals surface area (Å²) in [6.45, 7) is 3.02. The number of hydrogen-bond donors (Lipinski definition) is 2. The van der Waals surface area contributed by atoms with Gasteiger partial charge in [-0.2, -0.15) is 10.2 Å². The minimum atomic E-state index is -0.201. The molecule has 0 aromatic carbocycles. The monoisotopic (exact) mass is 249 g/mol. The van der Waals surface area contributed by atoms with Gasteiger partial charge in [-0.25, -0.2) is 0 Å². The molecule has 18 heavy (non-hydrogen) atoms. The van der Waals surface area contributed by atoms with E-state index in [2.05, 4.69) is 20.6 Å². The Morgan fingerprint density at radius 2 is 2.39 bits per heavy atom. The molecular formula is C11H15N5O2. The second-order valence-electron chi connectivity index (χ2n) is 3.85. The first-order chi connectivity index (χ1) is 8.70. The minimum Gasteiger partial charge on any atom is -0.383 e. The van der Waals surface area contributed by atoms with E-state index in [4.69, 9.17) is 4.74 Å². The predicted octanol–water partition coefficient (Wildman–Crippen LogP) is 0.813. The van der Waals surface area contributed by atoms with Crippen molar-refractivity contribution in [2.24, 2.45) is 0 Å². The standard InChI is InChI=1S/C11H15N5O2/c1-8-10(6-12-15-8)11(17)14-9-5-13-16(7-9)3-4-18-2/h5-7H,3-4H2,1-2H3,(H,12,15)(H,14,17). The average molecular weight is 249 g/mol. The summed E-state index contributed by atoms with van der Waals surface area (Å²) in [5.74, 6) is -0.201. The summed E-state index contributed by atoms with van der Waals surface area (Å²) in [5, 5.41) is 13.4. The normalized spacial score (nSPS) is 10.6. The number of ether oxygens (including phenoxy) is 1. The Morgan fingerprint density at radius 1 is 1.56 bits per heavy atom. The average Bonchev–Trinajstić information content (AvgIpc) is 2.95. The number of amides is 1. The molecule has 0 aliphatic carbocycles. The van der Waals surface area contributed by atoms with E-state index < -0.39 is 0 Å². The third kappa shape index (κ3) is 2.75. The number of nitrogens with one attached hydrogen (secondary N) is 2. The summed E-state index contributed by atoms with van der Waals surface area (Å²) in [4.78, 5) is 11.9. The Balaban J connectivity index is 1.99. The molecule has 0 radical (unpaired) electrons. The number of carbonyl (C=O) groups excluding carboxylic acids is 1. The van der Waals surface area contributed by atoms with Crippen LogP contribution in [-0.2, 0) is 11.3 Å². The molecule has 2 rings (SSSR count). The number of aromatic nitrogens is 4. The van der Waals surface area contributed by atoms with Gasteiger partial charge in [0, 0.05) is 19.0 Å². The van der Waals surface area contributed by atoms with Crippen molar-refractivity contribution in [2.75, 3.05) is 19.0 Å². The Labute approximate surface area is 104 Å². The summed E-state index contributed by atoms with van der Waals surface area (Å²) >= 11 is 0. The van der Waals surface area contributed by atoms with Crippen LogP contribution >= 0.6 is 0 Å². The van der Waals surface area contributed by atoms with Gasteiger partial charge < -0.3 is 10.1 Å². The lowest BCUT2D eigenvalue weighted by atomic mass is 10.2. The van der Waals surface area contributed by atoms with Crippen LogP contribution < -0.4 is 5.32 Å². The first kappa shape index (κ1) is 12.3. The molecule has 0 saturated carbocycles. The van der Waals surface area contributed by atoms with Crippen LogP contribution in [0.2, 0.25) is 0 Å². The first-order valence-corrected chi connectivity index (χ1v) is 5.53. The van der Waals surface area contributed by atoms with Crippen LogP contribution in [0, 0.1) is 6.92 Å². The third-order valence-corrected chi connectivity index (χ3v) is 2.49. The smallest absolute Gasteiger partial charge is 0.259 e.